The third-order valence-corrected chi connectivity index (χ3v) is 4.81. The lowest BCUT2D eigenvalue weighted by Crippen LogP contribution is -2.20. The topological polar surface area (TPSA) is 78.4 Å². The highest BCUT2D eigenvalue weighted by Gasteiger charge is 2.09. The lowest BCUT2D eigenvalue weighted by atomic mass is 10.1. The van der Waals surface area contributed by atoms with Gasteiger partial charge >= 0.3 is 0 Å². The highest BCUT2D eigenvalue weighted by Crippen LogP contribution is 2.23. The average molecular weight is 384 g/mol. The van der Waals surface area contributed by atoms with Crippen molar-refractivity contribution in [3.63, 3.8) is 0 Å². The van der Waals surface area contributed by atoms with Crippen LogP contribution in [0.2, 0.25) is 0 Å². The smallest absolute Gasteiger partial charge is 0.0968 e. The van der Waals surface area contributed by atoms with Crippen LogP contribution < -0.4 is 0 Å². The molecule has 26 heavy (non-hydrogen) atoms. The normalized spacial score (nSPS) is 10.9. The summed E-state index contributed by atoms with van der Waals surface area (Å²) in [5.41, 5.74) is 2.89. The van der Waals surface area contributed by atoms with Crippen molar-refractivity contribution in [3.05, 3.63) is 58.2 Å². The number of pyridine rings is 2. The summed E-state index contributed by atoms with van der Waals surface area (Å²) in [5, 5.41) is 25.9. The van der Waals surface area contributed by atoms with Crippen LogP contribution in [-0.2, 0) is 12.8 Å². The van der Waals surface area contributed by atoms with Crippen molar-refractivity contribution in [1.82, 2.24) is 20.1 Å². The SMILES string of the molecule is CN([O-])C(=S)Cc1ccc2ccc3ccc(CC(=S)N(C)[O-])nc3c2n1. The first-order valence-corrected chi connectivity index (χ1v) is 8.72. The fourth-order valence-electron chi connectivity index (χ4n) is 2.58. The van der Waals surface area contributed by atoms with Gasteiger partial charge in [-0.05, 0) is 26.2 Å². The zero-order chi connectivity index (χ0) is 18.8. The maximum atomic E-state index is 11.3. The molecule has 1 aromatic carbocycles. The molecular formula is C18H16N4O2S2-2. The fraction of sp³-hybridized carbons (Fsp3) is 0.222. The molecule has 6 nitrogen and oxygen atoms in total. The van der Waals surface area contributed by atoms with Crippen LogP contribution in [-0.4, -0.2) is 44.2 Å². The van der Waals surface area contributed by atoms with Crippen LogP contribution in [0.5, 0.6) is 0 Å². The van der Waals surface area contributed by atoms with Gasteiger partial charge in [0.25, 0.3) is 0 Å². The Hall–Kier alpha value is -2.26. The summed E-state index contributed by atoms with van der Waals surface area (Å²) in [5.74, 6) is 0. The molecule has 8 heteroatoms. The Bertz CT molecular complexity index is 924. The zero-order valence-corrected chi connectivity index (χ0v) is 15.9. The minimum atomic E-state index is 0.273. The van der Waals surface area contributed by atoms with E-state index in [9.17, 15) is 10.4 Å². The van der Waals surface area contributed by atoms with Gasteiger partial charge in [0.1, 0.15) is 0 Å². The molecule has 3 rings (SSSR count). The molecule has 3 aromatic rings. The van der Waals surface area contributed by atoms with Crippen molar-refractivity contribution in [1.29, 1.82) is 0 Å². The van der Waals surface area contributed by atoms with Gasteiger partial charge in [0.05, 0.1) is 21.0 Å². The predicted octanol–water partition coefficient (Wildman–Crippen LogP) is 3.38. The average Bonchev–Trinajstić information content (AvgIpc) is 2.61. The molecule has 2 heterocycles. The van der Waals surface area contributed by atoms with Gasteiger partial charge in [-0.2, -0.15) is 0 Å². The highest BCUT2D eigenvalue weighted by atomic mass is 32.1. The molecule has 0 aliphatic heterocycles. The number of rotatable bonds is 4. The zero-order valence-electron chi connectivity index (χ0n) is 14.3. The lowest BCUT2D eigenvalue weighted by molar-refractivity contribution is 0.693. The highest BCUT2D eigenvalue weighted by molar-refractivity contribution is 7.80. The van der Waals surface area contributed by atoms with Gasteiger partial charge in [0, 0.05) is 35.0 Å². The number of likely N-dealkylation sites (N-methyl/N-ethyl adjacent to an activating group) is 2. The number of hydrogen-bond acceptors (Lipinski definition) is 6. The van der Waals surface area contributed by atoms with Crippen LogP contribution >= 0.6 is 24.4 Å². The van der Waals surface area contributed by atoms with Crippen LogP contribution in [0.15, 0.2) is 36.4 Å². The molecule has 0 aliphatic rings. The molecule has 0 saturated heterocycles. The van der Waals surface area contributed by atoms with Crippen LogP contribution in [0, 0.1) is 10.4 Å². The Kier molecular flexibility index (Phi) is 5.38. The summed E-state index contributed by atoms with van der Waals surface area (Å²) in [7, 11) is 2.76. The second-order valence-electron chi connectivity index (χ2n) is 5.95. The van der Waals surface area contributed by atoms with Gasteiger partial charge in [-0.1, -0.05) is 48.7 Å². The summed E-state index contributed by atoms with van der Waals surface area (Å²) in [4.78, 5) is 9.87. The van der Waals surface area contributed by atoms with Crippen molar-refractivity contribution in [2.75, 3.05) is 14.1 Å². The summed E-state index contributed by atoms with van der Waals surface area (Å²) >= 11 is 10.2. The maximum Gasteiger partial charge on any atom is 0.0968 e. The van der Waals surface area contributed by atoms with E-state index in [0.29, 0.717) is 34.4 Å². The predicted molar refractivity (Wildman–Crippen MR) is 112 cm³/mol. The molecular weight excluding hydrogens is 368 g/mol. The Morgan fingerprint density at radius 1 is 0.769 bits per heavy atom. The fourth-order valence-corrected chi connectivity index (χ4v) is 2.87. The minimum Gasteiger partial charge on any atom is -0.758 e. The summed E-state index contributed by atoms with van der Waals surface area (Å²) in [6.45, 7) is 0. The monoisotopic (exact) mass is 384 g/mol. The molecule has 134 valence electrons. The van der Waals surface area contributed by atoms with E-state index in [1.807, 2.05) is 36.4 Å². The van der Waals surface area contributed by atoms with Gasteiger partial charge in [0.2, 0.25) is 0 Å². The molecule has 0 spiro atoms. The second kappa shape index (κ2) is 7.55. The van der Waals surface area contributed by atoms with E-state index >= 15 is 0 Å². The first kappa shape index (κ1) is 18.5. The van der Waals surface area contributed by atoms with Crippen molar-refractivity contribution < 1.29 is 0 Å². The van der Waals surface area contributed by atoms with E-state index < -0.39 is 0 Å². The Morgan fingerprint density at radius 2 is 1.12 bits per heavy atom. The van der Waals surface area contributed by atoms with Crippen LogP contribution in [0.1, 0.15) is 11.4 Å². The number of nitrogens with zero attached hydrogens (tertiary/aromatic N) is 4. The number of fused-ring (bicyclic) bond motifs is 3. The maximum absolute atomic E-state index is 11.3. The van der Waals surface area contributed by atoms with Crippen molar-refractivity contribution >= 4 is 56.2 Å². The van der Waals surface area contributed by atoms with Gasteiger partial charge in [-0.3, -0.25) is 9.97 Å². The summed E-state index contributed by atoms with van der Waals surface area (Å²) < 4.78 is 0. The second-order valence-corrected chi connectivity index (χ2v) is 6.89. The molecule has 0 N–H and O–H groups in total. The molecule has 0 aliphatic carbocycles. The largest absolute Gasteiger partial charge is 0.758 e. The summed E-state index contributed by atoms with van der Waals surface area (Å²) in [6.07, 6.45) is 0.596. The van der Waals surface area contributed by atoms with Crippen molar-refractivity contribution in [2.45, 2.75) is 12.8 Å². The van der Waals surface area contributed by atoms with Gasteiger partial charge in [0.15, 0.2) is 0 Å². The Morgan fingerprint density at radius 3 is 1.46 bits per heavy atom. The molecule has 0 saturated carbocycles. The standard InChI is InChI=1S/C18H16N4O2S2/c1-21(23)15(25)9-13-7-5-11-3-4-12-6-8-14(10-16(26)22(2)24)20-18(12)17(11)19-13/h3-8H,9-10H2,1-2H3/q-2. The van der Waals surface area contributed by atoms with E-state index in [1.54, 1.807) is 0 Å². The van der Waals surface area contributed by atoms with E-state index in [4.69, 9.17) is 24.4 Å². The molecule has 0 radical (unpaired) electrons. The van der Waals surface area contributed by atoms with E-state index in [1.165, 1.54) is 14.1 Å². The van der Waals surface area contributed by atoms with Crippen molar-refractivity contribution in [2.24, 2.45) is 0 Å². The lowest BCUT2D eigenvalue weighted by Gasteiger charge is -2.25. The van der Waals surface area contributed by atoms with Crippen LogP contribution in [0.25, 0.3) is 21.8 Å². The molecule has 0 unspecified atom stereocenters. The van der Waals surface area contributed by atoms with Crippen molar-refractivity contribution in [3.8, 4) is 0 Å². The number of aromatic nitrogens is 2. The van der Waals surface area contributed by atoms with Crippen LogP contribution in [0.3, 0.4) is 0 Å². The molecule has 0 atom stereocenters. The first-order chi connectivity index (χ1) is 12.3. The number of hydrogen-bond donors (Lipinski definition) is 0. The molecule has 0 fully saturated rings. The molecule has 0 amide bonds. The number of thiocarbonyl (C=S) groups is 2. The number of hydroxylamine groups is 4. The van der Waals surface area contributed by atoms with Crippen LogP contribution in [0.4, 0.5) is 0 Å². The van der Waals surface area contributed by atoms with E-state index in [2.05, 4.69) is 9.97 Å². The number of benzene rings is 1. The Labute approximate surface area is 161 Å². The minimum absolute atomic E-state index is 0.273. The molecule has 2 aromatic heterocycles. The Balaban J connectivity index is 2.06. The van der Waals surface area contributed by atoms with Gasteiger partial charge < -0.3 is 20.5 Å². The third-order valence-electron chi connectivity index (χ3n) is 4.00. The van der Waals surface area contributed by atoms with Gasteiger partial charge in [-0.25, -0.2) is 0 Å². The van der Waals surface area contributed by atoms with E-state index in [0.717, 1.165) is 21.8 Å². The third kappa shape index (κ3) is 3.94. The first-order valence-electron chi connectivity index (χ1n) is 7.91. The summed E-state index contributed by atoms with van der Waals surface area (Å²) in [6, 6.07) is 11.5. The quantitative estimate of drug-likeness (QED) is 0.385. The molecule has 0 bridgehead atoms. The van der Waals surface area contributed by atoms with Gasteiger partial charge in [-0.15, -0.1) is 0 Å². The van der Waals surface area contributed by atoms with E-state index in [-0.39, 0.29) is 9.98 Å².